The van der Waals surface area contributed by atoms with Gasteiger partial charge in [0.05, 0.1) is 23.7 Å². The molecule has 0 aromatic carbocycles. The molecule has 2 rings (SSSR count). The van der Waals surface area contributed by atoms with Crippen molar-refractivity contribution in [2.24, 2.45) is 17.8 Å². The quantitative estimate of drug-likeness (QED) is 0.192. The first-order valence-electron chi connectivity index (χ1n) is 16.6. The summed E-state index contributed by atoms with van der Waals surface area (Å²) in [5.74, 6) is -6.99. The highest BCUT2D eigenvalue weighted by molar-refractivity contribution is 5.82. The van der Waals surface area contributed by atoms with E-state index >= 15 is 0 Å². The zero-order valence-corrected chi connectivity index (χ0v) is 29.7. The van der Waals surface area contributed by atoms with Gasteiger partial charge in [-0.05, 0) is 80.4 Å². The van der Waals surface area contributed by atoms with Crippen LogP contribution in [0.2, 0.25) is 0 Å². The number of cyclic esters (lactones) is 1. The minimum atomic E-state index is -5.32. The minimum Gasteiger partial charge on any atom is -0.459 e. The van der Waals surface area contributed by atoms with Crippen molar-refractivity contribution in [1.29, 1.82) is 0 Å². The highest BCUT2D eigenvalue weighted by atomic mass is 19.4. The van der Waals surface area contributed by atoms with Crippen molar-refractivity contribution in [1.82, 2.24) is 15.5 Å². The molecule has 2 fully saturated rings. The fourth-order valence-corrected chi connectivity index (χ4v) is 7.05. The van der Waals surface area contributed by atoms with Gasteiger partial charge in [0.15, 0.2) is 6.29 Å². The average molecular weight is 702 g/mol. The Hall–Kier alpha value is -1.63. The molecule has 1 amide bonds. The summed E-state index contributed by atoms with van der Waals surface area (Å²) in [5, 5.41) is 62.9. The summed E-state index contributed by atoms with van der Waals surface area (Å²) in [5.41, 5.74) is -6.46. The average Bonchev–Trinajstić information content (AvgIpc) is 2.98. The van der Waals surface area contributed by atoms with Crippen molar-refractivity contribution in [3.63, 3.8) is 0 Å². The number of aliphatic hydroxyl groups excluding tert-OH is 2. The van der Waals surface area contributed by atoms with E-state index in [1.54, 1.807) is 52.0 Å². The largest absolute Gasteiger partial charge is 0.471 e. The molecule has 16 heteroatoms. The molecular formula is C32H58F3N3O10. The molecule has 282 valence electrons. The Morgan fingerprint density at radius 2 is 1.69 bits per heavy atom. The normalized spacial score (nSPS) is 44.4. The van der Waals surface area contributed by atoms with Crippen LogP contribution in [0.5, 0.6) is 0 Å². The standard InChI is InChI=1S/C32H58F3N3O10/c1-11-22-30(8,44)24(40)20(6)36-14-16(2)13-29(7,43)25(48-27-23(39)21(38(9)10)12-17(3)46-27)18(4)31(45,19(5)26(41)47-22)15-37-28(42)32(33,34)35/h16-25,27,36,39-40,43-45H,11-15H2,1-10H3,(H,37,42)/t16-,17-,18-,19?,20-,21+,22-,23-,24-,25-,27+,29+,30-,31-/m1/s1. The predicted molar refractivity (Wildman–Crippen MR) is 168 cm³/mol. The first-order valence-corrected chi connectivity index (χ1v) is 16.6. The van der Waals surface area contributed by atoms with Crippen LogP contribution in [-0.4, -0.2) is 141 Å². The van der Waals surface area contributed by atoms with E-state index in [4.69, 9.17) is 14.2 Å². The summed E-state index contributed by atoms with van der Waals surface area (Å²) in [6, 6.07) is -1.16. The fraction of sp³-hybridized carbons (Fsp3) is 0.938. The van der Waals surface area contributed by atoms with E-state index in [1.165, 1.54) is 27.7 Å². The maximum Gasteiger partial charge on any atom is 0.471 e. The number of rotatable bonds is 6. The molecule has 48 heavy (non-hydrogen) atoms. The van der Waals surface area contributed by atoms with Gasteiger partial charge in [-0.25, -0.2) is 0 Å². The zero-order chi connectivity index (χ0) is 37.2. The van der Waals surface area contributed by atoms with E-state index in [-0.39, 0.29) is 25.3 Å². The second kappa shape index (κ2) is 16.1. The molecule has 0 aliphatic carbocycles. The zero-order valence-electron chi connectivity index (χ0n) is 29.7. The van der Waals surface area contributed by atoms with Gasteiger partial charge in [0.2, 0.25) is 0 Å². The molecule has 2 saturated heterocycles. The molecule has 0 saturated carbocycles. The summed E-state index contributed by atoms with van der Waals surface area (Å²) in [6.45, 7) is 11.1. The number of hydrogen-bond donors (Lipinski definition) is 7. The SMILES string of the molecule is CC[C@H]1OC(=O)C(C)[C@@](O)(CNC(=O)C(F)(F)F)[C@H](C)[C@@H](O[C@@H]2O[C@H](C)C[C@H](N(C)C)[C@H]2O)[C@@](C)(O)C[C@@H](C)CN[C@H](C)[C@@H](O)[C@]1(C)O. The molecule has 0 aromatic rings. The molecular weight excluding hydrogens is 643 g/mol. The number of carbonyl (C=O) groups is 2. The maximum absolute atomic E-state index is 13.7. The van der Waals surface area contributed by atoms with Crippen LogP contribution < -0.4 is 10.6 Å². The number of aliphatic hydroxyl groups is 5. The molecule has 0 spiro atoms. The predicted octanol–water partition coefficient (Wildman–Crippen LogP) is 0.682. The fourth-order valence-electron chi connectivity index (χ4n) is 7.05. The van der Waals surface area contributed by atoms with E-state index in [1.807, 2.05) is 0 Å². The van der Waals surface area contributed by atoms with Gasteiger partial charge >= 0.3 is 18.1 Å². The first-order chi connectivity index (χ1) is 21.8. The van der Waals surface area contributed by atoms with Gasteiger partial charge < -0.3 is 55.3 Å². The van der Waals surface area contributed by atoms with Crippen molar-refractivity contribution >= 4 is 11.9 Å². The van der Waals surface area contributed by atoms with Crippen LogP contribution in [0.15, 0.2) is 0 Å². The van der Waals surface area contributed by atoms with Crippen LogP contribution in [0.25, 0.3) is 0 Å². The maximum atomic E-state index is 13.7. The number of hydrogen-bond acceptors (Lipinski definition) is 12. The van der Waals surface area contributed by atoms with Gasteiger partial charge in [-0.1, -0.05) is 20.8 Å². The molecule has 0 aromatic heterocycles. The topological polar surface area (TPSA) is 190 Å². The summed E-state index contributed by atoms with van der Waals surface area (Å²) >= 11 is 0. The lowest BCUT2D eigenvalue weighted by Gasteiger charge is -2.49. The number of nitrogens with one attached hydrogen (secondary N) is 2. The highest BCUT2D eigenvalue weighted by Crippen LogP contribution is 2.40. The van der Waals surface area contributed by atoms with Crippen LogP contribution in [-0.2, 0) is 23.8 Å². The van der Waals surface area contributed by atoms with Crippen molar-refractivity contribution in [2.75, 3.05) is 27.2 Å². The molecule has 0 bridgehead atoms. The molecule has 14 atom stereocenters. The number of amides is 1. The van der Waals surface area contributed by atoms with E-state index in [2.05, 4.69) is 5.32 Å². The number of alkyl halides is 3. The van der Waals surface area contributed by atoms with Gasteiger partial charge in [0.1, 0.15) is 29.5 Å². The van der Waals surface area contributed by atoms with Crippen LogP contribution in [0.1, 0.15) is 74.7 Å². The molecule has 2 aliphatic rings. The Morgan fingerprint density at radius 1 is 1.10 bits per heavy atom. The van der Waals surface area contributed by atoms with Gasteiger partial charge in [-0.15, -0.1) is 0 Å². The lowest BCUT2D eigenvalue weighted by atomic mass is 9.70. The van der Waals surface area contributed by atoms with Gasteiger partial charge in [0.25, 0.3) is 0 Å². The van der Waals surface area contributed by atoms with E-state index in [0.717, 1.165) is 0 Å². The summed E-state index contributed by atoms with van der Waals surface area (Å²) in [7, 11) is 3.52. The van der Waals surface area contributed by atoms with E-state index in [0.29, 0.717) is 6.42 Å². The monoisotopic (exact) mass is 701 g/mol. The third kappa shape index (κ3) is 9.78. The second-order valence-electron chi connectivity index (χ2n) is 14.7. The van der Waals surface area contributed by atoms with E-state index < -0.39 is 102 Å². The Morgan fingerprint density at radius 3 is 2.21 bits per heavy atom. The minimum absolute atomic E-state index is 0.0208. The van der Waals surface area contributed by atoms with Gasteiger partial charge in [-0.2, -0.15) is 13.2 Å². The van der Waals surface area contributed by atoms with Crippen molar-refractivity contribution < 1.29 is 62.5 Å². The summed E-state index contributed by atoms with van der Waals surface area (Å²) < 4.78 is 57.8. The smallest absolute Gasteiger partial charge is 0.459 e. The molecule has 1 unspecified atom stereocenters. The number of esters is 1. The highest BCUT2D eigenvalue weighted by Gasteiger charge is 2.55. The number of nitrogens with zero attached hydrogens (tertiary/aromatic N) is 1. The van der Waals surface area contributed by atoms with Crippen LogP contribution in [0.4, 0.5) is 13.2 Å². The van der Waals surface area contributed by atoms with Gasteiger partial charge in [-0.3, -0.25) is 9.59 Å². The lowest BCUT2D eigenvalue weighted by Crippen LogP contribution is -2.64. The second-order valence-corrected chi connectivity index (χ2v) is 14.7. The summed E-state index contributed by atoms with van der Waals surface area (Å²) in [4.78, 5) is 27.5. The van der Waals surface area contributed by atoms with Gasteiger partial charge in [0, 0.05) is 24.5 Å². The molecule has 7 N–H and O–H groups in total. The molecule has 2 heterocycles. The Bertz CT molecular complexity index is 1080. The number of halogens is 3. The van der Waals surface area contributed by atoms with Crippen LogP contribution in [0, 0.1) is 17.8 Å². The van der Waals surface area contributed by atoms with Crippen LogP contribution in [0.3, 0.4) is 0 Å². The number of likely N-dealkylation sites (N-methyl/N-ethyl adjacent to an activating group) is 1. The van der Waals surface area contributed by atoms with E-state index in [9.17, 15) is 48.3 Å². The Kier molecular flexibility index (Phi) is 14.3. The number of ether oxygens (including phenoxy) is 3. The Balaban J connectivity index is 2.75. The van der Waals surface area contributed by atoms with Crippen molar-refractivity contribution in [2.45, 2.75) is 147 Å². The van der Waals surface area contributed by atoms with Crippen LogP contribution >= 0.6 is 0 Å². The third-order valence-electron chi connectivity index (χ3n) is 10.2. The first kappa shape index (κ1) is 42.5. The lowest BCUT2D eigenvalue weighted by molar-refractivity contribution is -0.304. The Labute approximate surface area is 281 Å². The number of carbonyl (C=O) groups excluding carboxylic acids is 2. The molecule has 2 aliphatic heterocycles. The molecule has 0 radical (unpaired) electrons. The summed E-state index contributed by atoms with van der Waals surface area (Å²) in [6.07, 6.45) is -12.2. The van der Waals surface area contributed by atoms with Crippen molar-refractivity contribution in [3.8, 4) is 0 Å². The third-order valence-corrected chi connectivity index (χ3v) is 10.2. The van der Waals surface area contributed by atoms with Crippen molar-refractivity contribution in [3.05, 3.63) is 0 Å². The molecule has 13 nitrogen and oxygen atoms in total.